The maximum absolute atomic E-state index is 12.4. The van der Waals surface area contributed by atoms with Gasteiger partial charge in [-0.2, -0.15) is 5.10 Å². The average molecular weight is 341 g/mol. The van der Waals surface area contributed by atoms with E-state index in [4.69, 9.17) is 4.98 Å². The number of benzene rings is 1. The van der Waals surface area contributed by atoms with Crippen molar-refractivity contribution in [3.05, 3.63) is 78.8 Å². The summed E-state index contributed by atoms with van der Waals surface area (Å²) < 4.78 is 0. The van der Waals surface area contributed by atoms with Gasteiger partial charge in [0.2, 0.25) is 5.91 Å². The van der Waals surface area contributed by atoms with E-state index >= 15 is 0 Å². The normalized spacial score (nSPS) is 10.6. The van der Waals surface area contributed by atoms with Gasteiger partial charge in [0.05, 0.1) is 17.6 Å². The van der Waals surface area contributed by atoms with Crippen LogP contribution in [0, 0.1) is 0 Å². The molecule has 126 valence electrons. The first-order chi connectivity index (χ1) is 12.8. The molecule has 0 aliphatic rings. The standard InChI is InChI=1S/C20H15N5O/c26-19(24-18-7-3-11-22-25-18)12-15-5-1-4-14-8-9-17(23-20(14)15)16-6-2-10-21-13-16/h1-11,13H,12H2,(H,24,25,26). The number of carbonyl (C=O) groups is 1. The Balaban J connectivity index is 1.65. The number of carbonyl (C=O) groups excluding carboxylic acids is 1. The zero-order valence-electron chi connectivity index (χ0n) is 13.8. The van der Waals surface area contributed by atoms with E-state index in [9.17, 15) is 4.79 Å². The second-order valence-electron chi connectivity index (χ2n) is 5.76. The Hall–Kier alpha value is -3.67. The number of pyridine rings is 2. The average Bonchev–Trinajstić information content (AvgIpc) is 2.69. The highest BCUT2D eigenvalue weighted by Crippen LogP contribution is 2.23. The van der Waals surface area contributed by atoms with Gasteiger partial charge >= 0.3 is 0 Å². The molecule has 0 spiro atoms. The molecule has 3 heterocycles. The van der Waals surface area contributed by atoms with Gasteiger partial charge in [-0.15, -0.1) is 5.10 Å². The van der Waals surface area contributed by atoms with Gasteiger partial charge in [0.15, 0.2) is 5.82 Å². The summed E-state index contributed by atoms with van der Waals surface area (Å²) in [6, 6.07) is 17.1. The summed E-state index contributed by atoms with van der Waals surface area (Å²) >= 11 is 0. The molecule has 3 aromatic heterocycles. The number of aromatic nitrogens is 4. The minimum atomic E-state index is -0.161. The number of nitrogens with one attached hydrogen (secondary N) is 1. The molecule has 0 bridgehead atoms. The summed E-state index contributed by atoms with van der Waals surface area (Å²) in [6.45, 7) is 0. The Morgan fingerprint density at radius 1 is 0.962 bits per heavy atom. The number of rotatable bonds is 4. The first kappa shape index (κ1) is 15.8. The van der Waals surface area contributed by atoms with E-state index in [1.54, 1.807) is 30.7 Å². The fourth-order valence-electron chi connectivity index (χ4n) is 2.75. The van der Waals surface area contributed by atoms with Crippen molar-refractivity contribution in [3.8, 4) is 11.3 Å². The molecule has 0 saturated heterocycles. The summed E-state index contributed by atoms with van der Waals surface area (Å²) in [5.41, 5.74) is 3.43. The Kier molecular flexibility index (Phi) is 4.30. The zero-order valence-corrected chi connectivity index (χ0v) is 13.8. The summed E-state index contributed by atoms with van der Waals surface area (Å²) in [6.07, 6.45) is 5.27. The first-order valence-corrected chi connectivity index (χ1v) is 8.16. The summed E-state index contributed by atoms with van der Waals surface area (Å²) in [5, 5.41) is 11.4. The molecule has 1 amide bonds. The fraction of sp³-hybridized carbons (Fsp3) is 0.0500. The second kappa shape index (κ2) is 7.06. The van der Waals surface area contributed by atoms with Crippen LogP contribution in [0.3, 0.4) is 0 Å². The van der Waals surface area contributed by atoms with E-state index in [1.807, 2.05) is 42.5 Å². The van der Waals surface area contributed by atoms with Crippen LogP contribution in [-0.4, -0.2) is 26.1 Å². The highest BCUT2D eigenvalue weighted by molar-refractivity contribution is 5.95. The highest BCUT2D eigenvalue weighted by Gasteiger charge is 2.10. The highest BCUT2D eigenvalue weighted by atomic mass is 16.1. The molecule has 0 aliphatic carbocycles. The number of fused-ring (bicyclic) bond motifs is 1. The van der Waals surface area contributed by atoms with E-state index in [-0.39, 0.29) is 12.3 Å². The molecule has 4 aromatic rings. The van der Waals surface area contributed by atoms with Crippen LogP contribution in [0.2, 0.25) is 0 Å². The Labute approximate surface area is 150 Å². The maximum atomic E-state index is 12.4. The van der Waals surface area contributed by atoms with Crippen LogP contribution in [0.4, 0.5) is 5.82 Å². The molecular weight excluding hydrogens is 326 g/mol. The van der Waals surface area contributed by atoms with E-state index in [2.05, 4.69) is 20.5 Å². The molecule has 0 aliphatic heterocycles. The Bertz CT molecular complexity index is 1050. The van der Waals surface area contributed by atoms with Gasteiger partial charge in [0, 0.05) is 29.5 Å². The van der Waals surface area contributed by atoms with Crippen molar-refractivity contribution in [1.82, 2.24) is 20.2 Å². The SMILES string of the molecule is O=C(Cc1cccc2ccc(-c3cccnc3)nc12)Nc1cccnn1. The van der Waals surface area contributed by atoms with Gasteiger partial charge in [0.1, 0.15) is 0 Å². The van der Waals surface area contributed by atoms with Crippen molar-refractivity contribution in [3.63, 3.8) is 0 Å². The predicted molar refractivity (Wildman–Crippen MR) is 99.3 cm³/mol. The topological polar surface area (TPSA) is 80.7 Å². The molecule has 0 atom stereocenters. The van der Waals surface area contributed by atoms with Crippen molar-refractivity contribution >= 4 is 22.6 Å². The van der Waals surface area contributed by atoms with Crippen molar-refractivity contribution in [2.75, 3.05) is 5.32 Å². The van der Waals surface area contributed by atoms with E-state index in [0.717, 1.165) is 27.7 Å². The van der Waals surface area contributed by atoms with Gasteiger partial charge in [-0.3, -0.25) is 9.78 Å². The molecule has 0 radical (unpaired) electrons. The lowest BCUT2D eigenvalue weighted by Gasteiger charge is -2.08. The van der Waals surface area contributed by atoms with E-state index in [0.29, 0.717) is 5.82 Å². The third kappa shape index (κ3) is 3.39. The molecule has 0 unspecified atom stereocenters. The second-order valence-corrected chi connectivity index (χ2v) is 5.76. The first-order valence-electron chi connectivity index (χ1n) is 8.16. The van der Waals surface area contributed by atoms with Crippen LogP contribution < -0.4 is 5.32 Å². The van der Waals surface area contributed by atoms with Gasteiger partial charge in [0.25, 0.3) is 0 Å². The van der Waals surface area contributed by atoms with Gasteiger partial charge in [-0.1, -0.05) is 24.3 Å². The largest absolute Gasteiger partial charge is 0.309 e. The third-order valence-corrected chi connectivity index (χ3v) is 3.95. The van der Waals surface area contributed by atoms with Gasteiger partial charge < -0.3 is 5.32 Å². The number of amides is 1. The van der Waals surface area contributed by atoms with Crippen molar-refractivity contribution in [1.29, 1.82) is 0 Å². The summed E-state index contributed by atoms with van der Waals surface area (Å²) in [4.78, 5) is 21.3. The van der Waals surface area contributed by atoms with Crippen LogP contribution in [0.1, 0.15) is 5.56 Å². The molecule has 0 saturated carbocycles. The molecule has 4 rings (SSSR count). The van der Waals surface area contributed by atoms with Crippen LogP contribution in [-0.2, 0) is 11.2 Å². The smallest absolute Gasteiger partial charge is 0.230 e. The van der Waals surface area contributed by atoms with Crippen LogP contribution in [0.15, 0.2) is 73.2 Å². The van der Waals surface area contributed by atoms with Gasteiger partial charge in [-0.25, -0.2) is 4.98 Å². The minimum Gasteiger partial charge on any atom is -0.309 e. The summed E-state index contributed by atoms with van der Waals surface area (Å²) in [7, 11) is 0. The number of hydrogen-bond donors (Lipinski definition) is 1. The molecule has 6 heteroatoms. The quantitative estimate of drug-likeness (QED) is 0.616. The van der Waals surface area contributed by atoms with E-state index < -0.39 is 0 Å². The molecule has 26 heavy (non-hydrogen) atoms. The maximum Gasteiger partial charge on any atom is 0.230 e. The zero-order chi connectivity index (χ0) is 17.8. The van der Waals surface area contributed by atoms with Crippen molar-refractivity contribution in [2.45, 2.75) is 6.42 Å². The monoisotopic (exact) mass is 341 g/mol. The van der Waals surface area contributed by atoms with Crippen LogP contribution in [0.5, 0.6) is 0 Å². The molecular formula is C20H15N5O. The van der Waals surface area contributed by atoms with Crippen molar-refractivity contribution in [2.24, 2.45) is 0 Å². The number of nitrogens with zero attached hydrogens (tertiary/aromatic N) is 4. The van der Waals surface area contributed by atoms with E-state index in [1.165, 1.54) is 0 Å². The lowest BCUT2D eigenvalue weighted by molar-refractivity contribution is -0.115. The molecule has 1 aromatic carbocycles. The van der Waals surface area contributed by atoms with Crippen molar-refractivity contribution < 1.29 is 4.79 Å². The molecule has 6 nitrogen and oxygen atoms in total. The Morgan fingerprint density at radius 3 is 2.69 bits per heavy atom. The summed E-state index contributed by atoms with van der Waals surface area (Å²) in [5.74, 6) is 0.272. The Morgan fingerprint density at radius 2 is 1.88 bits per heavy atom. The van der Waals surface area contributed by atoms with Crippen LogP contribution in [0.25, 0.3) is 22.2 Å². The third-order valence-electron chi connectivity index (χ3n) is 3.95. The number of anilines is 1. The number of para-hydroxylation sites is 1. The lowest BCUT2D eigenvalue weighted by Crippen LogP contribution is -2.15. The minimum absolute atomic E-state index is 0.161. The predicted octanol–water partition coefficient (Wildman–Crippen LogP) is 3.27. The molecule has 0 fully saturated rings. The fourth-order valence-corrected chi connectivity index (χ4v) is 2.75. The lowest BCUT2D eigenvalue weighted by atomic mass is 10.0. The molecule has 1 N–H and O–H groups in total. The number of hydrogen-bond acceptors (Lipinski definition) is 5. The van der Waals surface area contributed by atoms with Gasteiger partial charge in [-0.05, 0) is 35.9 Å². The van der Waals surface area contributed by atoms with Crippen LogP contribution >= 0.6 is 0 Å².